The van der Waals surface area contributed by atoms with Gasteiger partial charge in [0.15, 0.2) is 0 Å². The highest BCUT2D eigenvalue weighted by molar-refractivity contribution is 6.34. The van der Waals surface area contributed by atoms with Crippen LogP contribution in [-0.2, 0) is 0 Å². The van der Waals surface area contributed by atoms with Gasteiger partial charge in [-0.25, -0.2) is 9.89 Å². The van der Waals surface area contributed by atoms with Crippen LogP contribution in [0.3, 0.4) is 0 Å². The van der Waals surface area contributed by atoms with Crippen molar-refractivity contribution in [2.24, 2.45) is 0 Å². The molecule has 0 unspecified atom stereocenters. The Morgan fingerprint density at radius 2 is 2.18 bits per heavy atom. The molecular weight excluding hydrogens is 269 g/mol. The zero-order chi connectivity index (χ0) is 12.4. The first-order valence-electron chi connectivity index (χ1n) is 4.35. The summed E-state index contributed by atoms with van der Waals surface area (Å²) in [5.74, 6) is -1.21. The van der Waals surface area contributed by atoms with Crippen LogP contribution in [0, 0.1) is 0 Å². The summed E-state index contributed by atoms with van der Waals surface area (Å²) in [4.78, 5) is 10.8. The first kappa shape index (κ1) is 11.7. The molecule has 1 aromatic heterocycles. The molecule has 0 aliphatic rings. The lowest BCUT2D eigenvalue weighted by molar-refractivity contribution is 0.0687. The Bertz CT molecular complexity index is 570. The predicted octanol–water partition coefficient (Wildman–Crippen LogP) is 2.60. The van der Waals surface area contributed by atoms with Gasteiger partial charge in [-0.05, 0) is 12.1 Å². The van der Waals surface area contributed by atoms with Crippen molar-refractivity contribution in [2.45, 2.75) is 0 Å². The molecule has 1 heterocycles. The standard InChI is InChI=1S/C9H5Cl2N3O3/c10-4-1-2-5(11)6(3-4)17-8-7(9(15)16)12-14-13-8/h1-3H,(H,15,16)(H,12,13,14). The fourth-order valence-electron chi connectivity index (χ4n) is 1.09. The number of aromatic carboxylic acids is 1. The molecule has 0 saturated carbocycles. The second-order valence-corrected chi connectivity index (χ2v) is 3.82. The minimum atomic E-state index is -1.23. The highest BCUT2D eigenvalue weighted by Crippen LogP contribution is 2.31. The van der Waals surface area contributed by atoms with E-state index in [-0.39, 0.29) is 22.3 Å². The van der Waals surface area contributed by atoms with Crippen molar-refractivity contribution in [2.75, 3.05) is 0 Å². The Kier molecular flexibility index (Phi) is 3.16. The Hall–Kier alpha value is -1.79. The molecule has 6 nitrogen and oxygen atoms in total. The summed E-state index contributed by atoms with van der Waals surface area (Å²) in [6.45, 7) is 0. The molecule has 0 spiro atoms. The highest BCUT2D eigenvalue weighted by atomic mass is 35.5. The molecule has 2 rings (SSSR count). The SMILES string of the molecule is O=C(O)c1[nH]nnc1Oc1cc(Cl)ccc1Cl. The second-order valence-electron chi connectivity index (χ2n) is 2.97. The van der Waals surface area contributed by atoms with Crippen molar-refractivity contribution in [3.63, 3.8) is 0 Å². The number of benzene rings is 1. The van der Waals surface area contributed by atoms with Crippen LogP contribution >= 0.6 is 23.2 Å². The van der Waals surface area contributed by atoms with Crippen LogP contribution in [0.15, 0.2) is 18.2 Å². The zero-order valence-electron chi connectivity index (χ0n) is 8.15. The van der Waals surface area contributed by atoms with E-state index in [0.29, 0.717) is 5.02 Å². The number of hydrogen-bond acceptors (Lipinski definition) is 4. The molecule has 0 aliphatic heterocycles. The molecular formula is C9H5Cl2N3O3. The smallest absolute Gasteiger partial charge is 0.359 e. The predicted molar refractivity (Wildman–Crippen MR) is 59.9 cm³/mol. The molecule has 88 valence electrons. The number of halogens is 2. The molecule has 8 heteroatoms. The van der Waals surface area contributed by atoms with E-state index < -0.39 is 5.97 Å². The van der Waals surface area contributed by atoms with E-state index in [0.717, 1.165) is 0 Å². The third-order valence-electron chi connectivity index (χ3n) is 1.83. The van der Waals surface area contributed by atoms with Crippen molar-refractivity contribution in [3.05, 3.63) is 33.9 Å². The summed E-state index contributed by atoms with van der Waals surface area (Å²) < 4.78 is 5.22. The minimum absolute atomic E-state index is 0.179. The fourth-order valence-corrected chi connectivity index (χ4v) is 1.41. The van der Waals surface area contributed by atoms with Crippen LogP contribution in [-0.4, -0.2) is 26.5 Å². The fraction of sp³-hybridized carbons (Fsp3) is 0. The summed E-state index contributed by atoms with van der Waals surface area (Å²) >= 11 is 11.6. The van der Waals surface area contributed by atoms with Gasteiger partial charge in [0.1, 0.15) is 5.75 Å². The lowest BCUT2D eigenvalue weighted by Crippen LogP contribution is -1.99. The van der Waals surface area contributed by atoms with Gasteiger partial charge in [0.25, 0.3) is 5.88 Å². The third-order valence-corrected chi connectivity index (χ3v) is 2.38. The van der Waals surface area contributed by atoms with E-state index in [1.165, 1.54) is 12.1 Å². The summed E-state index contributed by atoms with van der Waals surface area (Å²) in [6, 6.07) is 4.56. The van der Waals surface area contributed by atoms with Gasteiger partial charge >= 0.3 is 5.97 Å². The summed E-state index contributed by atoms with van der Waals surface area (Å²) in [6.07, 6.45) is 0. The molecule has 0 amide bonds. The maximum atomic E-state index is 10.8. The van der Waals surface area contributed by atoms with E-state index in [9.17, 15) is 4.79 Å². The van der Waals surface area contributed by atoms with Gasteiger partial charge in [0.05, 0.1) is 5.02 Å². The van der Waals surface area contributed by atoms with Gasteiger partial charge in [0, 0.05) is 11.1 Å². The number of nitrogens with zero attached hydrogens (tertiary/aromatic N) is 2. The topological polar surface area (TPSA) is 88.1 Å². The number of aromatic nitrogens is 3. The Morgan fingerprint density at radius 1 is 1.41 bits per heavy atom. The summed E-state index contributed by atoms with van der Waals surface area (Å²) in [5, 5.41) is 18.5. The van der Waals surface area contributed by atoms with Crippen LogP contribution in [0.1, 0.15) is 10.5 Å². The number of ether oxygens (including phenoxy) is 1. The van der Waals surface area contributed by atoms with E-state index in [4.69, 9.17) is 33.0 Å². The van der Waals surface area contributed by atoms with Gasteiger partial charge in [-0.2, -0.15) is 0 Å². The number of carboxylic acid groups (broad SMARTS) is 1. The molecule has 0 fully saturated rings. The van der Waals surface area contributed by atoms with Gasteiger partial charge in [0.2, 0.25) is 5.69 Å². The average molecular weight is 274 g/mol. The molecule has 0 atom stereocenters. The molecule has 1 aromatic carbocycles. The van der Waals surface area contributed by atoms with E-state index >= 15 is 0 Å². The first-order valence-corrected chi connectivity index (χ1v) is 5.11. The Morgan fingerprint density at radius 3 is 2.88 bits per heavy atom. The number of rotatable bonds is 3. The van der Waals surface area contributed by atoms with Crippen LogP contribution in [0.5, 0.6) is 11.6 Å². The van der Waals surface area contributed by atoms with Crippen molar-refractivity contribution in [1.82, 2.24) is 15.4 Å². The highest BCUT2D eigenvalue weighted by Gasteiger charge is 2.17. The number of nitrogens with one attached hydrogen (secondary N) is 1. The van der Waals surface area contributed by atoms with Crippen LogP contribution in [0.25, 0.3) is 0 Å². The minimum Gasteiger partial charge on any atom is -0.476 e. The largest absolute Gasteiger partial charge is 0.476 e. The van der Waals surface area contributed by atoms with Gasteiger partial charge in [-0.1, -0.05) is 33.5 Å². The summed E-state index contributed by atoms with van der Waals surface area (Å²) in [5.41, 5.74) is -0.263. The monoisotopic (exact) mass is 273 g/mol. The molecule has 2 N–H and O–H groups in total. The third kappa shape index (κ3) is 2.48. The Balaban J connectivity index is 2.34. The van der Waals surface area contributed by atoms with Crippen molar-refractivity contribution < 1.29 is 14.6 Å². The first-order chi connectivity index (χ1) is 8.08. The maximum absolute atomic E-state index is 10.8. The van der Waals surface area contributed by atoms with E-state index in [1.54, 1.807) is 6.07 Å². The molecule has 0 aliphatic carbocycles. The number of hydrogen-bond donors (Lipinski definition) is 2. The number of carbonyl (C=O) groups is 1. The second kappa shape index (κ2) is 4.60. The number of H-pyrrole nitrogens is 1. The lowest BCUT2D eigenvalue weighted by atomic mass is 10.3. The van der Waals surface area contributed by atoms with Crippen LogP contribution in [0.2, 0.25) is 10.0 Å². The number of carboxylic acids is 1. The maximum Gasteiger partial charge on any atom is 0.359 e. The molecule has 17 heavy (non-hydrogen) atoms. The number of aromatic amines is 1. The summed E-state index contributed by atoms with van der Waals surface area (Å²) in [7, 11) is 0. The van der Waals surface area contributed by atoms with Gasteiger partial charge in [-0.3, -0.25) is 0 Å². The van der Waals surface area contributed by atoms with E-state index in [1.807, 2.05) is 0 Å². The van der Waals surface area contributed by atoms with Gasteiger partial charge < -0.3 is 9.84 Å². The Labute approximate surface area is 105 Å². The zero-order valence-corrected chi connectivity index (χ0v) is 9.66. The molecule has 0 radical (unpaired) electrons. The average Bonchev–Trinajstić information content (AvgIpc) is 2.71. The lowest BCUT2D eigenvalue weighted by Gasteiger charge is -2.05. The van der Waals surface area contributed by atoms with Crippen molar-refractivity contribution in [3.8, 4) is 11.6 Å². The molecule has 0 bridgehead atoms. The quantitative estimate of drug-likeness (QED) is 0.898. The van der Waals surface area contributed by atoms with Crippen molar-refractivity contribution >= 4 is 29.2 Å². The van der Waals surface area contributed by atoms with Crippen molar-refractivity contribution in [1.29, 1.82) is 0 Å². The molecule has 0 saturated heterocycles. The van der Waals surface area contributed by atoms with Crippen LogP contribution in [0.4, 0.5) is 0 Å². The molecule has 2 aromatic rings. The van der Waals surface area contributed by atoms with Gasteiger partial charge in [-0.15, -0.1) is 0 Å². The normalized spacial score (nSPS) is 10.2. The van der Waals surface area contributed by atoms with Crippen LogP contribution < -0.4 is 4.74 Å². The van der Waals surface area contributed by atoms with E-state index in [2.05, 4.69) is 15.4 Å².